The summed E-state index contributed by atoms with van der Waals surface area (Å²) in [6.07, 6.45) is 0. The average Bonchev–Trinajstić information content (AvgIpc) is 2.69. The fourth-order valence-corrected chi connectivity index (χ4v) is 2.89. The number of benzene rings is 2. The Hall–Kier alpha value is -2.55. The van der Waals surface area contributed by atoms with Gasteiger partial charge in [0.1, 0.15) is 12.2 Å². The average molecular weight is 443 g/mol. The van der Waals surface area contributed by atoms with E-state index < -0.39 is 10.8 Å². The molecule has 0 saturated heterocycles. The highest BCUT2D eigenvalue weighted by Gasteiger charge is 2.27. The molecule has 1 amide bonds. The van der Waals surface area contributed by atoms with Gasteiger partial charge in [-0.05, 0) is 17.7 Å². The van der Waals surface area contributed by atoms with E-state index in [4.69, 9.17) is 37.4 Å². The Balaban J connectivity index is 2.33. The predicted octanol–water partition coefficient (Wildman–Crippen LogP) is 4.21. The summed E-state index contributed by atoms with van der Waals surface area (Å²) in [7, 11) is 4.43. The van der Waals surface area contributed by atoms with Gasteiger partial charge in [0.15, 0.2) is 11.5 Å². The van der Waals surface area contributed by atoms with Crippen molar-refractivity contribution in [3.05, 3.63) is 61.6 Å². The lowest BCUT2D eigenvalue weighted by Crippen LogP contribution is -2.27. The molecule has 0 spiro atoms. The molecule has 2 rings (SSSR count). The van der Waals surface area contributed by atoms with Crippen molar-refractivity contribution in [2.45, 2.75) is 6.54 Å². The Morgan fingerprint density at radius 2 is 1.83 bits per heavy atom. The number of ether oxygens (including phenoxy) is 3. The predicted molar refractivity (Wildman–Crippen MR) is 109 cm³/mol. The molecule has 0 saturated carbocycles. The summed E-state index contributed by atoms with van der Waals surface area (Å²) in [4.78, 5) is 25.2. The molecule has 0 unspecified atom stereocenters. The monoisotopic (exact) mass is 442 g/mol. The first-order valence-electron chi connectivity index (χ1n) is 8.46. The van der Waals surface area contributed by atoms with Crippen LogP contribution < -0.4 is 9.47 Å². The number of carbonyl (C=O) groups excluding carboxylic acids is 1. The second-order valence-electron chi connectivity index (χ2n) is 6.03. The summed E-state index contributed by atoms with van der Waals surface area (Å²) in [6.45, 7) is 0.653. The van der Waals surface area contributed by atoms with Crippen LogP contribution in [0.2, 0.25) is 10.0 Å². The van der Waals surface area contributed by atoms with E-state index in [1.807, 2.05) is 0 Å². The fraction of sp³-hybridized carbons (Fsp3) is 0.316. The molecule has 0 aromatic heterocycles. The minimum atomic E-state index is -0.636. The van der Waals surface area contributed by atoms with Crippen LogP contribution in [-0.4, -0.2) is 50.2 Å². The number of rotatable bonds is 9. The van der Waals surface area contributed by atoms with E-state index in [-0.39, 0.29) is 35.9 Å². The van der Waals surface area contributed by atoms with E-state index >= 15 is 0 Å². The first-order chi connectivity index (χ1) is 13.8. The van der Waals surface area contributed by atoms with Crippen molar-refractivity contribution in [1.29, 1.82) is 0 Å². The number of carbonyl (C=O) groups is 1. The number of hydrogen-bond acceptors (Lipinski definition) is 6. The first kappa shape index (κ1) is 22.7. The number of methoxy groups -OCH3 is 2. The Kier molecular flexibility index (Phi) is 8.07. The highest BCUT2D eigenvalue weighted by Crippen LogP contribution is 2.35. The van der Waals surface area contributed by atoms with Crippen LogP contribution in [0.3, 0.4) is 0 Å². The summed E-state index contributed by atoms with van der Waals surface area (Å²) in [6, 6.07) is 7.45. The van der Waals surface area contributed by atoms with Crippen molar-refractivity contribution >= 4 is 34.8 Å². The largest absolute Gasteiger partial charge is 0.493 e. The van der Waals surface area contributed by atoms with Crippen LogP contribution in [0.15, 0.2) is 30.3 Å². The number of nitrogens with zero attached hydrogens (tertiary/aromatic N) is 2. The van der Waals surface area contributed by atoms with E-state index in [0.717, 1.165) is 5.56 Å². The quantitative estimate of drug-likeness (QED) is 0.328. The highest BCUT2D eigenvalue weighted by atomic mass is 35.5. The lowest BCUT2D eigenvalue weighted by Gasteiger charge is -2.19. The molecule has 0 bridgehead atoms. The molecule has 0 heterocycles. The standard InChI is InChI=1S/C19H20Cl2N2O6/c1-22(11-12-4-5-14(20)15(21)8-12)19(24)13-9-17(28-3)18(29-7-6-27-2)10-16(13)23(25)26/h4-5,8-10H,6-7,11H2,1-3H3. The molecule has 0 aliphatic rings. The minimum Gasteiger partial charge on any atom is -0.493 e. The lowest BCUT2D eigenvalue weighted by atomic mass is 10.1. The molecule has 2 aromatic rings. The Labute approximate surface area is 178 Å². The highest BCUT2D eigenvalue weighted by molar-refractivity contribution is 6.42. The molecule has 2 aromatic carbocycles. The molecule has 10 heteroatoms. The van der Waals surface area contributed by atoms with E-state index in [1.54, 1.807) is 18.2 Å². The van der Waals surface area contributed by atoms with Gasteiger partial charge in [-0.3, -0.25) is 14.9 Å². The van der Waals surface area contributed by atoms with Crippen LogP contribution >= 0.6 is 23.2 Å². The van der Waals surface area contributed by atoms with Crippen molar-refractivity contribution in [3.63, 3.8) is 0 Å². The summed E-state index contributed by atoms with van der Waals surface area (Å²) in [5.74, 6) is -0.192. The van der Waals surface area contributed by atoms with Crippen LogP contribution in [0.1, 0.15) is 15.9 Å². The number of hydrogen-bond donors (Lipinski definition) is 0. The zero-order chi connectivity index (χ0) is 21.6. The third-order valence-electron chi connectivity index (χ3n) is 4.00. The summed E-state index contributed by atoms with van der Waals surface area (Å²) in [5.41, 5.74) is 0.224. The lowest BCUT2D eigenvalue weighted by molar-refractivity contribution is -0.385. The van der Waals surface area contributed by atoms with Crippen LogP contribution in [0.4, 0.5) is 5.69 Å². The molecular weight excluding hydrogens is 423 g/mol. The van der Waals surface area contributed by atoms with Crippen molar-refractivity contribution in [3.8, 4) is 11.5 Å². The van der Waals surface area contributed by atoms with Gasteiger partial charge in [-0.25, -0.2) is 0 Å². The van der Waals surface area contributed by atoms with Gasteiger partial charge in [0.25, 0.3) is 11.6 Å². The molecular formula is C19H20Cl2N2O6. The van der Waals surface area contributed by atoms with Gasteiger partial charge in [-0.15, -0.1) is 0 Å². The molecule has 0 fully saturated rings. The molecule has 156 valence electrons. The Bertz CT molecular complexity index is 907. The Morgan fingerprint density at radius 1 is 1.10 bits per heavy atom. The second kappa shape index (κ2) is 10.3. The maximum absolute atomic E-state index is 12.9. The van der Waals surface area contributed by atoms with E-state index in [1.165, 1.54) is 38.3 Å². The number of halogens is 2. The maximum Gasteiger partial charge on any atom is 0.286 e. The van der Waals surface area contributed by atoms with Crippen LogP contribution in [0.25, 0.3) is 0 Å². The zero-order valence-corrected chi connectivity index (χ0v) is 17.6. The number of nitro groups is 1. The van der Waals surface area contributed by atoms with Crippen LogP contribution in [-0.2, 0) is 11.3 Å². The number of amides is 1. The summed E-state index contributed by atoms with van der Waals surface area (Å²) in [5, 5.41) is 12.3. The van der Waals surface area contributed by atoms with Crippen LogP contribution in [0, 0.1) is 10.1 Å². The van der Waals surface area contributed by atoms with Crippen molar-refractivity contribution in [2.75, 3.05) is 34.5 Å². The van der Waals surface area contributed by atoms with Crippen molar-refractivity contribution < 1.29 is 23.9 Å². The maximum atomic E-state index is 12.9. The Morgan fingerprint density at radius 3 is 2.41 bits per heavy atom. The third-order valence-corrected chi connectivity index (χ3v) is 4.74. The summed E-state index contributed by atoms with van der Waals surface area (Å²) >= 11 is 11.9. The van der Waals surface area contributed by atoms with Crippen molar-refractivity contribution in [2.24, 2.45) is 0 Å². The van der Waals surface area contributed by atoms with Gasteiger partial charge in [-0.2, -0.15) is 0 Å². The van der Waals surface area contributed by atoms with Gasteiger partial charge in [0, 0.05) is 26.8 Å². The SMILES string of the molecule is COCCOc1cc([N+](=O)[O-])c(C(=O)N(C)Cc2ccc(Cl)c(Cl)c2)cc1OC. The van der Waals surface area contributed by atoms with Gasteiger partial charge in [-0.1, -0.05) is 29.3 Å². The van der Waals surface area contributed by atoms with Gasteiger partial charge < -0.3 is 19.1 Å². The topological polar surface area (TPSA) is 91.1 Å². The van der Waals surface area contributed by atoms with Crippen LogP contribution in [0.5, 0.6) is 11.5 Å². The zero-order valence-electron chi connectivity index (χ0n) is 16.1. The molecule has 8 nitrogen and oxygen atoms in total. The molecule has 0 N–H and O–H groups in total. The van der Waals surface area contributed by atoms with Gasteiger partial charge >= 0.3 is 0 Å². The minimum absolute atomic E-state index is 0.117. The first-order valence-corrected chi connectivity index (χ1v) is 9.21. The van der Waals surface area contributed by atoms with E-state index in [2.05, 4.69) is 0 Å². The second-order valence-corrected chi connectivity index (χ2v) is 6.84. The molecule has 0 aliphatic carbocycles. The normalized spacial score (nSPS) is 10.5. The van der Waals surface area contributed by atoms with E-state index in [0.29, 0.717) is 16.7 Å². The fourth-order valence-electron chi connectivity index (χ4n) is 2.57. The van der Waals surface area contributed by atoms with E-state index in [9.17, 15) is 14.9 Å². The molecule has 0 atom stereocenters. The van der Waals surface area contributed by atoms with Gasteiger partial charge in [0.2, 0.25) is 0 Å². The van der Waals surface area contributed by atoms with Gasteiger partial charge in [0.05, 0.1) is 34.8 Å². The molecule has 0 aliphatic heterocycles. The van der Waals surface area contributed by atoms with Crippen molar-refractivity contribution in [1.82, 2.24) is 4.90 Å². The molecule has 0 radical (unpaired) electrons. The smallest absolute Gasteiger partial charge is 0.286 e. The third kappa shape index (κ3) is 5.72. The number of nitro benzene ring substituents is 1. The summed E-state index contributed by atoms with van der Waals surface area (Å²) < 4.78 is 15.6. The molecule has 29 heavy (non-hydrogen) atoms.